The first-order valence-electron chi connectivity index (χ1n) is 10.4. The Labute approximate surface area is 157 Å². The third kappa shape index (κ3) is 5.55. The number of amides is 1. The van der Waals surface area contributed by atoms with E-state index >= 15 is 0 Å². The number of hydrogen-bond donors (Lipinski definition) is 0. The number of likely N-dealkylation sites (tertiary alicyclic amines) is 1. The summed E-state index contributed by atoms with van der Waals surface area (Å²) in [7, 11) is 0. The topological polar surface area (TPSA) is 38.8 Å². The number of benzene rings is 1. The Balaban J connectivity index is 1.37. The lowest BCUT2D eigenvalue weighted by molar-refractivity contribution is -0.150. The van der Waals surface area contributed by atoms with Crippen LogP contribution in [0.15, 0.2) is 30.3 Å². The lowest BCUT2D eigenvalue weighted by Crippen LogP contribution is -2.46. The molecule has 4 heteroatoms. The molecule has 1 atom stereocenters. The Morgan fingerprint density at radius 1 is 1.08 bits per heavy atom. The predicted molar refractivity (Wildman–Crippen MR) is 103 cm³/mol. The number of piperidine rings is 1. The number of hydrogen-bond acceptors (Lipinski definition) is 3. The van der Waals surface area contributed by atoms with Crippen LogP contribution in [0.5, 0.6) is 0 Å². The molecule has 1 saturated carbocycles. The van der Waals surface area contributed by atoms with Gasteiger partial charge in [0.1, 0.15) is 6.10 Å². The normalized spacial score (nSPS) is 20.4. The maximum Gasteiger partial charge on any atom is 0.251 e. The lowest BCUT2D eigenvalue weighted by Gasteiger charge is -2.34. The molecule has 26 heavy (non-hydrogen) atoms. The molecule has 2 fully saturated rings. The molecule has 1 heterocycles. The summed E-state index contributed by atoms with van der Waals surface area (Å²) in [5, 5.41) is 0. The maximum atomic E-state index is 12.8. The Hall–Kier alpha value is -1.39. The van der Waals surface area contributed by atoms with Gasteiger partial charge in [-0.15, -0.1) is 0 Å². The molecule has 0 aromatic heterocycles. The fraction of sp³-hybridized carbons (Fsp3) is 0.682. The van der Waals surface area contributed by atoms with Gasteiger partial charge in [0.15, 0.2) is 0 Å². The van der Waals surface area contributed by atoms with Crippen molar-refractivity contribution in [1.82, 2.24) is 4.90 Å². The standard InChI is InChI=1S/C22H33NO3/c1-2-21(26-20-10-6-7-11-20)22(24)23-15-12-19(13-16-23)25-17-14-18-8-4-3-5-9-18/h3-5,8-9,19-21H,2,6-7,10-17H2,1H3. The van der Waals surface area contributed by atoms with Gasteiger partial charge in [-0.1, -0.05) is 50.1 Å². The van der Waals surface area contributed by atoms with Crippen molar-refractivity contribution >= 4 is 5.91 Å². The van der Waals surface area contributed by atoms with Crippen LogP contribution in [0.3, 0.4) is 0 Å². The molecule has 144 valence electrons. The molecule has 0 N–H and O–H groups in total. The number of carbonyl (C=O) groups is 1. The Bertz CT molecular complexity index is 534. The van der Waals surface area contributed by atoms with E-state index < -0.39 is 0 Å². The van der Waals surface area contributed by atoms with E-state index in [1.807, 2.05) is 11.0 Å². The minimum absolute atomic E-state index is 0.183. The van der Waals surface area contributed by atoms with Crippen molar-refractivity contribution in [3.05, 3.63) is 35.9 Å². The Morgan fingerprint density at radius 3 is 2.42 bits per heavy atom. The van der Waals surface area contributed by atoms with Crippen LogP contribution in [-0.4, -0.2) is 48.8 Å². The quantitative estimate of drug-likeness (QED) is 0.705. The minimum atomic E-state index is -0.256. The summed E-state index contributed by atoms with van der Waals surface area (Å²) >= 11 is 0. The van der Waals surface area contributed by atoms with Crippen LogP contribution in [0, 0.1) is 0 Å². The molecular weight excluding hydrogens is 326 g/mol. The molecule has 0 bridgehead atoms. The van der Waals surface area contributed by atoms with Crippen molar-refractivity contribution in [1.29, 1.82) is 0 Å². The second-order valence-corrected chi connectivity index (χ2v) is 7.57. The smallest absolute Gasteiger partial charge is 0.251 e. The molecule has 0 radical (unpaired) electrons. The second-order valence-electron chi connectivity index (χ2n) is 7.57. The average Bonchev–Trinajstić information content (AvgIpc) is 3.20. The van der Waals surface area contributed by atoms with Gasteiger partial charge in [-0.25, -0.2) is 0 Å². The highest BCUT2D eigenvalue weighted by atomic mass is 16.5. The molecule has 1 amide bonds. The second kappa shape index (κ2) is 10.1. The highest BCUT2D eigenvalue weighted by Gasteiger charge is 2.30. The summed E-state index contributed by atoms with van der Waals surface area (Å²) in [4.78, 5) is 14.8. The summed E-state index contributed by atoms with van der Waals surface area (Å²) in [5.74, 6) is 0.183. The lowest BCUT2D eigenvalue weighted by atomic mass is 10.1. The van der Waals surface area contributed by atoms with Gasteiger partial charge in [0, 0.05) is 13.1 Å². The zero-order valence-electron chi connectivity index (χ0n) is 16.1. The summed E-state index contributed by atoms with van der Waals surface area (Å²) in [6, 6.07) is 10.4. The zero-order valence-corrected chi connectivity index (χ0v) is 16.1. The van der Waals surface area contributed by atoms with E-state index in [1.165, 1.54) is 18.4 Å². The molecular formula is C22H33NO3. The molecule has 1 aromatic carbocycles. The van der Waals surface area contributed by atoms with E-state index in [1.54, 1.807) is 0 Å². The van der Waals surface area contributed by atoms with Crippen LogP contribution in [0.25, 0.3) is 0 Å². The van der Waals surface area contributed by atoms with E-state index in [0.29, 0.717) is 6.10 Å². The Kier molecular flexibility index (Phi) is 7.51. The largest absolute Gasteiger partial charge is 0.378 e. The highest BCUT2D eigenvalue weighted by molar-refractivity contribution is 5.81. The third-order valence-corrected chi connectivity index (χ3v) is 5.65. The third-order valence-electron chi connectivity index (χ3n) is 5.65. The molecule has 1 aliphatic heterocycles. The van der Waals surface area contributed by atoms with Crippen LogP contribution in [0.4, 0.5) is 0 Å². The molecule has 1 aliphatic carbocycles. The van der Waals surface area contributed by atoms with E-state index in [9.17, 15) is 4.79 Å². The Morgan fingerprint density at radius 2 is 1.77 bits per heavy atom. The van der Waals surface area contributed by atoms with Gasteiger partial charge in [0.2, 0.25) is 0 Å². The van der Waals surface area contributed by atoms with Crippen LogP contribution in [0.2, 0.25) is 0 Å². The summed E-state index contributed by atoms with van der Waals surface area (Å²) < 4.78 is 12.1. The first-order chi connectivity index (χ1) is 12.8. The number of nitrogens with zero attached hydrogens (tertiary/aromatic N) is 1. The van der Waals surface area contributed by atoms with Crippen LogP contribution >= 0.6 is 0 Å². The number of carbonyl (C=O) groups excluding carboxylic acids is 1. The molecule has 3 rings (SSSR count). The van der Waals surface area contributed by atoms with Crippen molar-refractivity contribution < 1.29 is 14.3 Å². The number of ether oxygens (including phenoxy) is 2. The van der Waals surface area contributed by atoms with Crippen molar-refractivity contribution in [2.75, 3.05) is 19.7 Å². The van der Waals surface area contributed by atoms with E-state index in [-0.39, 0.29) is 18.1 Å². The van der Waals surface area contributed by atoms with Gasteiger partial charge in [0.05, 0.1) is 18.8 Å². The van der Waals surface area contributed by atoms with E-state index in [0.717, 1.165) is 58.2 Å². The van der Waals surface area contributed by atoms with Gasteiger partial charge < -0.3 is 14.4 Å². The fourth-order valence-electron chi connectivity index (χ4n) is 4.02. The zero-order chi connectivity index (χ0) is 18.2. The SMILES string of the molecule is CCC(OC1CCCC1)C(=O)N1CCC(OCCc2ccccc2)CC1. The monoisotopic (exact) mass is 359 g/mol. The van der Waals surface area contributed by atoms with Crippen LogP contribution in [-0.2, 0) is 20.7 Å². The van der Waals surface area contributed by atoms with E-state index in [4.69, 9.17) is 9.47 Å². The van der Waals surface area contributed by atoms with Crippen LogP contribution in [0.1, 0.15) is 57.4 Å². The number of rotatable bonds is 8. The van der Waals surface area contributed by atoms with Crippen molar-refractivity contribution in [2.45, 2.75) is 76.6 Å². The van der Waals surface area contributed by atoms with Crippen molar-refractivity contribution in [3.63, 3.8) is 0 Å². The molecule has 4 nitrogen and oxygen atoms in total. The molecule has 2 aliphatic rings. The van der Waals surface area contributed by atoms with Crippen LogP contribution < -0.4 is 0 Å². The van der Waals surface area contributed by atoms with E-state index in [2.05, 4.69) is 31.2 Å². The van der Waals surface area contributed by atoms with Gasteiger partial charge in [0.25, 0.3) is 5.91 Å². The minimum Gasteiger partial charge on any atom is -0.378 e. The van der Waals surface area contributed by atoms with Crippen molar-refractivity contribution in [2.24, 2.45) is 0 Å². The first kappa shape index (κ1) is 19.4. The fourth-order valence-corrected chi connectivity index (χ4v) is 4.02. The van der Waals surface area contributed by atoms with Gasteiger partial charge in [-0.05, 0) is 44.1 Å². The predicted octanol–water partition coefficient (Wildman–Crippen LogP) is 3.97. The molecule has 1 aromatic rings. The summed E-state index contributed by atoms with van der Waals surface area (Å²) in [6.45, 7) is 4.39. The summed E-state index contributed by atoms with van der Waals surface area (Å²) in [5.41, 5.74) is 1.31. The highest BCUT2D eigenvalue weighted by Crippen LogP contribution is 2.24. The van der Waals surface area contributed by atoms with Crippen molar-refractivity contribution in [3.8, 4) is 0 Å². The molecule has 1 unspecified atom stereocenters. The summed E-state index contributed by atoms with van der Waals surface area (Å²) in [6.07, 6.45) is 8.59. The maximum absolute atomic E-state index is 12.8. The van der Waals surface area contributed by atoms with Gasteiger partial charge in [-0.2, -0.15) is 0 Å². The first-order valence-corrected chi connectivity index (χ1v) is 10.4. The molecule has 1 saturated heterocycles. The molecule has 0 spiro atoms. The average molecular weight is 360 g/mol. The van der Waals surface area contributed by atoms with Gasteiger partial charge >= 0.3 is 0 Å². The van der Waals surface area contributed by atoms with Gasteiger partial charge in [-0.3, -0.25) is 4.79 Å².